The zero-order valence-electron chi connectivity index (χ0n) is 15.3. The molecule has 4 rings (SSSR count). The lowest BCUT2D eigenvalue weighted by atomic mass is 10.1. The van der Waals surface area contributed by atoms with Crippen molar-refractivity contribution in [3.63, 3.8) is 0 Å². The molecule has 0 atom stereocenters. The molecule has 0 fully saturated rings. The van der Waals surface area contributed by atoms with Crippen LogP contribution in [0.2, 0.25) is 10.0 Å². The molecule has 0 aliphatic rings. The Labute approximate surface area is 177 Å². The summed E-state index contributed by atoms with van der Waals surface area (Å²) in [6.45, 7) is 1.90. The summed E-state index contributed by atoms with van der Waals surface area (Å²) in [6.07, 6.45) is 3.35. The minimum absolute atomic E-state index is 0.213. The second-order valence-corrected chi connectivity index (χ2v) is 7.11. The Bertz CT molecular complexity index is 1190. The number of hydrogen-bond donors (Lipinski definition) is 1. The summed E-state index contributed by atoms with van der Waals surface area (Å²) in [5.74, 6) is 0.684. The predicted molar refractivity (Wildman–Crippen MR) is 115 cm³/mol. The summed E-state index contributed by atoms with van der Waals surface area (Å²) in [5, 5.41) is 4.15. The number of para-hydroxylation sites is 1. The average Bonchev–Trinajstić information content (AvgIpc) is 2.71. The maximum absolute atomic E-state index is 12.8. The monoisotopic (exact) mass is 423 g/mol. The van der Waals surface area contributed by atoms with E-state index in [0.29, 0.717) is 22.8 Å². The van der Waals surface area contributed by atoms with Gasteiger partial charge in [-0.25, -0.2) is 4.98 Å². The van der Waals surface area contributed by atoms with Crippen LogP contribution in [0.4, 0.5) is 5.69 Å². The molecule has 0 aliphatic carbocycles. The van der Waals surface area contributed by atoms with Gasteiger partial charge in [0.25, 0.3) is 5.91 Å². The van der Waals surface area contributed by atoms with Crippen LogP contribution in [0.5, 0.6) is 11.6 Å². The van der Waals surface area contributed by atoms with Crippen molar-refractivity contribution in [1.29, 1.82) is 0 Å². The third-order valence-corrected chi connectivity index (χ3v) is 4.94. The third-order valence-electron chi connectivity index (χ3n) is 4.31. The Hall–Kier alpha value is -3.15. The summed E-state index contributed by atoms with van der Waals surface area (Å²) in [7, 11) is 0. The zero-order valence-corrected chi connectivity index (χ0v) is 16.8. The van der Waals surface area contributed by atoms with Crippen LogP contribution in [-0.2, 0) is 0 Å². The number of rotatable bonds is 4. The lowest BCUT2D eigenvalue weighted by Crippen LogP contribution is -2.13. The molecule has 2 aromatic carbocycles. The van der Waals surface area contributed by atoms with E-state index in [2.05, 4.69) is 15.3 Å². The summed E-state index contributed by atoms with van der Waals surface area (Å²) in [4.78, 5) is 21.5. The number of anilines is 1. The number of carbonyl (C=O) groups excluding carboxylic acids is 1. The van der Waals surface area contributed by atoms with Crippen LogP contribution < -0.4 is 10.1 Å². The van der Waals surface area contributed by atoms with E-state index >= 15 is 0 Å². The lowest BCUT2D eigenvalue weighted by Gasteiger charge is -2.14. The minimum atomic E-state index is -0.414. The molecule has 144 valence electrons. The van der Waals surface area contributed by atoms with Crippen molar-refractivity contribution in [2.75, 3.05) is 5.32 Å². The number of pyridine rings is 2. The van der Waals surface area contributed by atoms with Crippen molar-refractivity contribution >= 4 is 45.7 Å². The second-order valence-electron chi connectivity index (χ2n) is 6.29. The Morgan fingerprint density at radius 2 is 1.72 bits per heavy atom. The molecular formula is C22H15Cl2N3O2. The third kappa shape index (κ3) is 3.88. The van der Waals surface area contributed by atoms with Gasteiger partial charge >= 0.3 is 0 Å². The summed E-state index contributed by atoms with van der Waals surface area (Å²) >= 11 is 12.3. The van der Waals surface area contributed by atoms with Crippen molar-refractivity contribution in [3.05, 3.63) is 88.2 Å². The van der Waals surface area contributed by atoms with Gasteiger partial charge in [-0.05, 0) is 37.3 Å². The number of benzene rings is 2. The highest BCUT2D eigenvalue weighted by molar-refractivity contribution is 6.40. The number of aryl methyl sites for hydroxylation is 1. The molecule has 1 N–H and O–H groups in total. The number of nitrogens with one attached hydrogen (secondary N) is 1. The molecule has 2 aromatic heterocycles. The quantitative estimate of drug-likeness (QED) is 0.418. The van der Waals surface area contributed by atoms with Crippen LogP contribution in [0.3, 0.4) is 0 Å². The highest BCUT2D eigenvalue weighted by Crippen LogP contribution is 2.35. The van der Waals surface area contributed by atoms with Gasteiger partial charge in [-0.2, -0.15) is 0 Å². The molecule has 0 spiro atoms. The molecular weight excluding hydrogens is 409 g/mol. The largest absolute Gasteiger partial charge is 0.438 e. The SMILES string of the molecule is Cc1cnc2c(NC(=O)c3c(Cl)cccc3Cl)cccc2c1Oc1ccccn1. The van der Waals surface area contributed by atoms with Crippen LogP contribution in [0.25, 0.3) is 10.9 Å². The zero-order chi connectivity index (χ0) is 20.4. The van der Waals surface area contributed by atoms with Gasteiger partial charge in [0.2, 0.25) is 5.88 Å². The van der Waals surface area contributed by atoms with Gasteiger partial charge < -0.3 is 10.1 Å². The first kappa shape index (κ1) is 19.2. The van der Waals surface area contributed by atoms with Gasteiger partial charge in [-0.3, -0.25) is 9.78 Å². The van der Waals surface area contributed by atoms with Gasteiger partial charge in [0.1, 0.15) is 5.75 Å². The number of fused-ring (bicyclic) bond motifs is 1. The van der Waals surface area contributed by atoms with Crippen LogP contribution >= 0.6 is 23.2 Å². The molecule has 0 saturated carbocycles. The number of amides is 1. The van der Waals surface area contributed by atoms with E-state index in [1.165, 1.54) is 0 Å². The molecule has 2 heterocycles. The molecule has 1 amide bonds. The molecule has 4 aromatic rings. The Balaban J connectivity index is 1.75. The second kappa shape index (κ2) is 8.07. The molecule has 7 heteroatoms. The van der Waals surface area contributed by atoms with Crippen molar-refractivity contribution in [2.45, 2.75) is 6.92 Å². The van der Waals surface area contributed by atoms with Gasteiger partial charge in [-0.1, -0.05) is 41.4 Å². The topological polar surface area (TPSA) is 64.1 Å². The van der Waals surface area contributed by atoms with Crippen LogP contribution in [-0.4, -0.2) is 15.9 Å². The Morgan fingerprint density at radius 3 is 2.45 bits per heavy atom. The first-order valence-electron chi connectivity index (χ1n) is 8.77. The van der Waals surface area contributed by atoms with E-state index < -0.39 is 5.91 Å². The molecule has 5 nitrogen and oxygen atoms in total. The minimum Gasteiger partial charge on any atom is -0.438 e. The first-order valence-corrected chi connectivity index (χ1v) is 9.53. The number of nitrogens with zero attached hydrogens (tertiary/aromatic N) is 2. The number of hydrogen-bond acceptors (Lipinski definition) is 4. The highest BCUT2D eigenvalue weighted by atomic mass is 35.5. The van der Waals surface area contributed by atoms with Crippen molar-refractivity contribution in [1.82, 2.24) is 9.97 Å². The fourth-order valence-corrected chi connectivity index (χ4v) is 3.52. The van der Waals surface area contributed by atoms with E-state index in [0.717, 1.165) is 10.9 Å². The summed E-state index contributed by atoms with van der Waals surface area (Å²) in [5.41, 5.74) is 2.17. The highest BCUT2D eigenvalue weighted by Gasteiger charge is 2.17. The van der Waals surface area contributed by atoms with Gasteiger partial charge in [0.05, 0.1) is 26.8 Å². The molecule has 0 radical (unpaired) electrons. The van der Waals surface area contributed by atoms with E-state index in [1.807, 2.05) is 31.2 Å². The van der Waals surface area contributed by atoms with E-state index in [-0.39, 0.29) is 15.6 Å². The van der Waals surface area contributed by atoms with Crippen molar-refractivity contribution in [2.24, 2.45) is 0 Å². The Kier molecular flexibility index (Phi) is 5.34. The van der Waals surface area contributed by atoms with E-state index in [4.69, 9.17) is 27.9 Å². The number of halogens is 2. The number of ether oxygens (including phenoxy) is 1. The molecule has 0 unspecified atom stereocenters. The van der Waals surface area contributed by atoms with E-state index in [9.17, 15) is 4.79 Å². The number of aromatic nitrogens is 2. The fourth-order valence-electron chi connectivity index (χ4n) is 2.95. The van der Waals surface area contributed by atoms with Crippen molar-refractivity contribution in [3.8, 4) is 11.6 Å². The Morgan fingerprint density at radius 1 is 0.966 bits per heavy atom. The van der Waals surface area contributed by atoms with E-state index in [1.54, 1.807) is 42.7 Å². The standard InChI is InChI=1S/C22H15Cl2N3O2/c1-13-12-26-20-14(21(13)29-18-10-2-3-11-25-18)6-4-9-17(20)27-22(28)19-15(23)7-5-8-16(19)24/h2-12H,1H3,(H,27,28). The molecule has 0 bridgehead atoms. The summed E-state index contributed by atoms with van der Waals surface area (Å²) in [6, 6.07) is 15.8. The smallest absolute Gasteiger partial charge is 0.258 e. The number of carbonyl (C=O) groups is 1. The normalized spacial score (nSPS) is 10.7. The molecule has 0 aliphatic heterocycles. The average molecular weight is 424 g/mol. The molecule has 29 heavy (non-hydrogen) atoms. The molecule has 0 saturated heterocycles. The van der Waals surface area contributed by atoms with Gasteiger partial charge in [-0.15, -0.1) is 0 Å². The lowest BCUT2D eigenvalue weighted by molar-refractivity contribution is 0.102. The predicted octanol–water partition coefficient (Wildman–Crippen LogP) is 6.29. The van der Waals surface area contributed by atoms with Gasteiger partial charge in [0, 0.05) is 29.4 Å². The van der Waals surface area contributed by atoms with Crippen LogP contribution in [0.15, 0.2) is 67.0 Å². The van der Waals surface area contributed by atoms with Crippen LogP contribution in [0.1, 0.15) is 15.9 Å². The maximum atomic E-state index is 12.8. The first-order chi connectivity index (χ1) is 14.0. The fraction of sp³-hybridized carbons (Fsp3) is 0.0455. The maximum Gasteiger partial charge on any atom is 0.258 e. The van der Waals surface area contributed by atoms with Crippen LogP contribution in [0, 0.1) is 6.92 Å². The summed E-state index contributed by atoms with van der Waals surface area (Å²) < 4.78 is 6.00. The van der Waals surface area contributed by atoms with Crippen molar-refractivity contribution < 1.29 is 9.53 Å². The van der Waals surface area contributed by atoms with Gasteiger partial charge in [0.15, 0.2) is 0 Å².